The molecule has 4 heteroatoms. The maximum absolute atomic E-state index is 11.8. The van der Waals surface area contributed by atoms with Crippen LogP contribution in [0.5, 0.6) is 0 Å². The smallest absolute Gasteiger partial charge is 0.252 e. The summed E-state index contributed by atoms with van der Waals surface area (Å²) in [5.74, 6) is -0.307. The minimum atomic E-state index is -0.562. The molecule has 102 valence electrons. The molecule has 4 rings (SSSR count). The second-order valence-electron chi connectivity index (χ2n) is 5.00. The zero-order valence-corrected chi connectivity index (χ0v) is 11.6. The maximum Gasteiger partial charge on any atom is 0.252 e. The molecule has 3 aliphatic rings. The van der Waals surface area contributed by atoms with E-state index < -0.39 is 5.54 Å². The highest BCUT2D eigenvalue weighted by molar-refractivity contribution is 6.08. The van der Waals surface area contributed by atoms with Crippen LogP contribution in [0.4, 0.5) is 5.69 Å². The molecule has 2 N–H and O–H groups in total. The predicted octanol–water partition coefficient (Wildman–Crippen LogP) is 2.24. The van der Waals surface area contributed by atoms with E-state index in [2.05, 4.69) is 10.6 Å². The van der Waals surface area contributed by atoms with Crippen LogP contribution in [0.3, 0.4) is 0 Å². The first-order chi connectivity index (χ1) is 9.09. The summed E-state index contributed by atoms with van der Waals surface area (Å²) >= 11 is 0. The van der Waals surface area contributed by atoms with Crippen LogP contribution < -0.4 is 10.6 Å². The summed E-state index contributed by atoms with van der Waals surface area (Å²) in [4.78, 5) is 23.2. The van der Waals surface area contributed by atoms with E-state index in [-0.39, 0.29) is 17.7 Å². The number of amides is 2. The summed E-state index contributed by atoms with van der Waals surface area (Å²) < 4.78 is 0. The molecule has 4 nitrogen and oxygen atoms in total. The number of carbonyl (C=O) groups excluding carboxylic acids is 2. The van der Waals surface area contributed by atoms with Crippen molar-refractivity contribution in [2.24, 2.45) is 5.92 Å². The van der Waals surface area contributed by atoms with Crippen molar-refractivity contribution in [3.8, 4) is 0 Å². The molecule has 1 saturated carbocycles. The summed E-state index contributed by atoms with van der Waals surface area (Å²) in [7, 11) is 0. The van der Waals surface area contributed by atoms with Crippen LogP contribution in [0.15, 0.2) is 24.3 Å². The Morgan fingerprint density at radius 1 is 1.16 bits per heavy atom. The Balaban J connectivity index is 0.000000637. The second-order valence-corrected chi connectivity index (χ2v) is 5.00. The zero-order chi connectivity index (χ0) is 14.0. The number of imide groups is 1. The number of benzene rings is 1. The van der Waals surface area contributed by atoms with Gasteiger partial charge in [0.1, 0.15) is 5.54 Å². The van der Waals surface area contributed by atoms with E-state index in [1.54, 1.807) is 0 Å². The number of rotatable bonds is 2. The van der Waals surface area contributed by atoms with E-state index in [4.69, 9.17) is 0 Å². The van der Waals surface area contributed by atoms with Crippen LogP contribution in [0.25, 0.3) is 0 Å². The van der Waals surface area contributed by atoms with Gasteiger partial charge in [-0.05, 0) is 31.9 Å². The monoisotopic (exact) mass is 260 g/mol. The molecule has 0 unspecified atom stereocenters. The van der Waals surface area contributed by atoms with Crippen molar-refractivity contribution >= 4 is 17.5 Å². The lowest BCUT2D eigenvalue weighted by Gasteiger charge is -2.50. The van der Waals surface area contributed by atoms with Crippen LogP contribution >= 0.6 is 0 Å². The summed E-state index contributed by atoms with van der Waals surface area (Å²) in [5.41, 5.74) is 1.55. The molecule has 1 aromatic carbocycles. The van der Waals surface area contributed by atoms with Crippen molar-refractivity contribution < 1.29 is 9.59 Å². The van der Waals surface area contributed by atoms with E-state index >= 15 is 0 Å². The zero-order valence-electron chi connectivity index (χ0n) is 11.6. The van der Waals surface area contributed by atoms with Gasteiger partial charge in [-0.15, -0.1) is 0 Å². The minimum absolute atomic E-state index is 0.00523. The molecular formula is C15H20N2O2. The van der Waals surface area contributed by atoms with Crippen molar-refractivity contribution in [2.45, 2.75) is 39.2 Å². The molecule has 0 atom stereocenters. The normalized spacial score (nSPS) is 27.6. The Labute approximate surface area is 113 Å². The fourth-order valence-corrected chi connectivity index (χ4v) is 2.56. The lowest BCUT2D eigenvalue weighted by molar-refractivity contribution is -0.148. The SMILES string of the molecule is CC.Cc1ccc(NC23CC(C2)C(=O)NC3=O)cc1. The average molecular weight is 260 g/mol. The van der Waals surface area contributed by atoms with Crippen LogP contribution in [-0.4, -0.2) is 17.4 Å². The molecule has 2 saturated heterocycles. The Morgan fingerprint density at radius 2 is 1.74 bits per heavy atom. The van der Waals surface area contributed by atoms with Crippen LogP contribution in [0, 0.1) is 12.8 Å². The highest BCUT2D eigenvalue weighted by Gasteiger charge is 2.57. The standard InChI is InChI=1S/C13H14N2O2.C2H6/c1-8-2-4-10(5-3-8)15-13-6-9(7-13)11(16)14-12(13)17;1-2/h2-5,9,15H,6-7H2,1H3,(H,14,16,17);1-2H3. The van der Waals surface area contributed by atoms with E-state index in [0.29, 0.717) is 12.8 Å². The summed E-state index contributed by atoms with van der Waals surface area (Å²) in [6.07, 6.45) is 1.23. The van der Waals surface area contributed by atoms with Crippen molar-refractivity contribution in [3.63, 3.8) is 0 Å². The average Bonchev–Trinajstić information content (AvgIpc) is 2.36. The molecule has 2 aliphatic heterocycles. The first kappa shape index (κ1) is 13.6. The van der Waals surface area contributed by atoms with E-state index in [1.165, 1.54) is 5.56 Å². The van der Waals surface area contributed by atoms with Gasteiger partial charge >= 0.3 is 0 Å². The Morgan fingerprint density at radius 3 is 2.26 bits per heavy atom. The van der Waals surface area contributed by atoms with Crippen molar-refractivity contribution in [3.05, 3.63) is 29.8 Å². The second kappa shape index (κ2) is 5.03. The molecule has 0 radical (unpaired) electrons. The van der Waals surface area contributed by atoms with Gasteiger partial charge in [0.05, 0.1) is 0 Å². The topological polar surface area (TPSA) is 58.2 Å². The first-order valence-corrected chi connectivity index (χ1v) is 6.79. The molecule has 1 aliphatic carbocycles. The highest BCUT2D eigenvalue weighted by atomic mass is 16.2. The summed E-state index contributed by atoms with van der Waals surface area (Å²) in [5, 5.41) is 5.67. The Kier molecular flexibility index (Phi) is 3.60. The fraction of sp³-hybridized carbons (Fsp3) is 0.467. The molecular weight excluding hydrogens is 240 g/mol. The third-order valence-corrected chi connectivity index (χ3v) is 3.67. The van der Waals surface area contributed by atoms with Crippen molar-refractivity contribution in [1.82, 2.24) is 5.32 Å². The number of hydrogen-bond donors (Lipinski definition) is 2. The van der Waals surface area contributed by atoms with Gasteiger partial charge in [-0.3, -0.25) is 14.9 Å². The predicted molar refractivity (Wildman–Crippen MR) is 74.8 cm³/mol. The van der Waals surface area contributed by atoms with Crippen molar-refractivity contribution in [1.29, 1.82) is 0 Å². The summed E-state index contributed by atoms with van der Waals surface area (Å²) in [6.45, 7) is 6.02. The Hall–Kier alpha value is -1.84. The molecule has 19 heavy (non-hydrogen) atoms. The van der Waals surface area contributed by atoms with Gasteiger partial charge in [0.2, 0.25) is 5.91 Å². The molecule has 2 bridgehead atoms. The number of hydrogen-bond acceptors (Lipinski definition) is 3. The van der Waals surface area contributed by atoms with Gasteiger partial charge in [0.15, 0.2) is 0 Å². The first-order valence-electron chi connectivity index (χ1n) is 6.79. The molecule has 1 aromatic rings. The number of fused-ring (bicyclic) bond motifs is 2. The maximum atomic E-state index is 11.8. The molecule has 0 spiro atoms. The van der Waals surface area contributed by atoms with Gasteiger partial charge < -0.3 is 5.32 Å². The fourth-order valence-electron chi connectivity index (χ4n) is 2.56. The number of nitrogens with one attached hydrogen (secondary N) is 2. The third kappa shape index (κ3) is 2.35. The largest absolute Gasteiger partial charge is 0.371 e. The van der Waals surface area contributed by atoms with Crippen molar-refractivity contribution in [2.75, 3.05) is 5.32 Å². The molecule has 3 fully saturated rings. The third-order valence-electron chi connectivity index (χ3n) is 3.67. The molecule has 2 amide bonds. The van der Waals surface area contributed by atoms with E-state index in [9.17, 15) is 9.59 Å². The lowest BCUT2D eigenvalue weighted by atomic mass is 9.64. The number of carbonyl (C=O) groups is 2. The lowest BCUT2D eigenvalue weighted by Crippen LogP contribution is -2.69. The van der Waals surface area contributed by atoms with E-state index in [1.807, 2.05) is 45.0 Å². The molecule has 0 aromatic heterocycles. The van der Waals surface area contributed by atoms with Crippen LogP contribution in [0.2, 0.25) is 0 Å². The van der Waals surface area contributed by atoms with Gasteiger partial charge in [0, 0.05) is 11.6 Å². The van der Waals surface area contributed by atoms with Gasteiger partial charge in [-0.25, -0.2) is 0 Å². The minimum Gasteiger partial charge on any atom is -0.371 e. The number of anilines is 1. The molecule has 2 heterocycles. The van der Waals surface area contributed by atoms with Gasteiger partial charge in [-0.1, -0.05) is 31.5 Å². The summed E-state index contributed by atoms with van der Waals surface area (Å²) in [6, 6.07) is 7.92. The highest BCUT2D eigenvalue weighted by Crippen LogP contribution is 2.43. The number of piperidine rings is 2. The van der Waals surface area contributed by atoms with Crippen LogP contribution in [-0.2, 0) is 9.59 Å². The Bertz CT molecular complexity index is 487. The van der Waals surface area contributed by atoms with Gasteiger partial charge in [-0.2, -0.15) is 0 Å². The van der Waals surface area contributed by atoms with Crippen LogP contribution in [0.1, 0.15) is 32.3 Å². The van der Waals surface area contributed by atoms with Gasteiger partial charge in [0.25, 0.3) is 5.91 Å². The quantitative estimate of drug-likeness (QED) is 0.802. The van der Waals surface area contributed by atoms with E-state index in [0.717, 1.165) is 5.69 Å². The number of aryl methyl sites for hydroxylation is 1.